The summed E-state index contributed by atoms with van der Waals surface area (Å²) < 4.78 is 31.0. The molecule has 0 aromatic carbocycles. The van der Waals surface area contributed by atoms with Crippen LogP contribution in [0.4, 0.5) is 5.13 Å². The Balaban J connectivity index is 2.23. The minimum absolute atomic E-state index is 0.116. The molecule has 1 fully saturated rings. The molecule has 3 heterocycles. The monoisotopic (exact) mass is 681 g/mol. The highest BCUT2D eigenvalue weighted by atomic mass is 32.1. The predicted molar refractivity (Wildman–Crippen MR) is 177 cm³/mol. The summed E-state index contributed by atoms with van der Waals surface area (Å²) in [6.07, 6.45) is -4.61. The molecule has 266 valence electrons. The Labute approximate surface area is 283 Å². The number of nitrogens with zero attached hydrogens (tertiary/aromatic N) is 2. The lowest BCUT2D eigenvalue weighted by Crippen LogP contribution is -2.68. The summed E-state index contributed by atoms with van der Waals surface area (Å²) in [5, 5.41) is 0.449. The first-order valence-corrected chi connectivity index (χ1v) is 17.1. The van der Waals surface area contributed by atoms with Gasteiger partial charge in [0.1, 0.15) is 12.7 Å². The number of esters is 4. The van der Waals surface area contributed by atoms with Crippen molar-refractivity contribution in [2.45, 2.75) is 146 Å². The van der Waals surface area contributed by atoms with Crippen molar-refractivity contribution in [2.75, 3.05) is 12.3 Å². The van der Waals surface area contributed by atoms with Gasteiger partial charge in [-0.05, 0) is 89.5 Å². The van der Waals surface area contributed by atoms with Gasteiger partial charge < -0.3 is 29.4 Å². The van der Waals surface area contributed by atoms with Crippen LogP contribution in [0.1, 0.15) is 107 Å². The summed E-state index contributed by atoms with van der Waals surface area (Å²) in [7, 11) is 0. The zero-order chi connectivity index (χ0) is 35.9. The molecule has 0 bridgehead atoms. The Morgan fingerprint density at radius 3 is 1.72 bits per heavy atom. The predicted octanol–water partition coefficient (Wildman–Crippen LogP) is 5.05. The van der Waals surface area contributed by atoms with Gasteiger partial charge in [-0.1, -0.05) is 6.92 Å². The van der Waals surface area contributed by atoms with E-state index >= 15 is 0 Å². The number of hydrogen-bond donors (Lipinski definition) is 1. The summed E-state index contributed by atoms with van der Waals surface area (Å²) in [6, 6.07) is -0.116. The lowest BCUT2D eigenvalue weighted by Gasteiger charge is -2.51. The number of fused-ring (bicyclic) bond motifs is 1. The van der Waals surface area contributed by atoms with Crippen molar-refractivity contribution < 1.29 is 42.9 Å². The first-order valence-electron chi connectivity index (χ1n) is 16.3. The molecule has 2 aliphatic rings. The Morgan fingerprint density at radius 1 is 0.787 bits per heavy atom. The standard InChI is InChI=1S/C34H55N3O9S/c1-14-18-15-19-21(47-30(35)36-19)16-37(18)25-24(46-29(41)34(11,12)13)23(45-28(40)33(8,9)10)22(44-27(39)32(5,6)7)20(43-25)17-42-26(38)31(2,3)4/h18,20,22-25H,14-17H2,1-13H3,(H2,35,36)/t18-,20-,22+,23+,24-,25-/m1/s1. The quantitative estimate of drug-likeness (QED) is 0.302. The Bertz CT molecular complexity index is 1320. The zero-order valence-electron chi connectivity index (χ0n) is 30.3. The highest BCUT2D eigenvalue weighted by Crippen LogP contribution is 2.39. The van der Waals surface area contributed by atoms with Gasteiger partial charge in [0.05, 0.1) is 27.4 Å². The van der Waals surface area contributed by atoms with Crippen molar-refractivity contribution in [2.24, 2.45) is 21.7 Å². The van der Waals surface area contributed by atoms with E-state index in [2.05, 4.69) is 9.88 Å². The molecule has 12 nitrogen and oxygen atoms in total. The van der Waals surface area contributed by atoms with Gasteiger partial charge >= 0.3 is 23.9 Å². The molecule has 47 heavy (non-hydrogen) atoms. The van der Waals surface area contributed by atoms with Gasteiger partial charge in [-0.25, -0.2) is 4.98 Å². The van der Waals surface area contributed by atoms with Crippen LogP contribution in [0.3, 0.4) is 0 Å². The van der Waals surface area contributed by atoms with Crippen LogP contribution in [-0.4, -0.2) is 77.1 Å². The lowest BCUT2D eigenvalue weighted by atomic mass is 9.91. The van der Waals surface area contributed by atoms with Crippen molar-refractivity contribution in [3.05, 3.63) is 10.6 Å². The van der Waals surface area contributed by atoms with Gasteiger partial charge in [0, 0.05) is 23.9 Å². The molecule has 1 saturated heterocycles. The number of nitrogens with two attached hydrogens (primary N) is 1. The summed E-state index contributed by atoms with van der Waals surface area (Å²) in [4.78, 5) is 61.1. The molecule has 2 aliphatic heterocycles. The maximum atomic E-state index is 13.6. The Kier molecular flexibility index (Phi) is 11.5. The van der Waals surface area contributed by atoms with Crippen LogP contribution in [0.25, 0.3) is 0 Å². The normalized spacial score (nSPS) is 25.8. The largest absolute Gasteiger partial charge is 0.462 e. The van der Waals surface area contributed by atoms with Crippen LogP contribution in [0.5, 0.6) is 0 Å². The van der Waals surface area contributed by atoms with E-state index in [-0.39, 0.29) is 12.6 Å². The third kappa shape index (κ3) is 9.44. The lowest BCUT2D eigenvalue weighted by molar-refractivity contribution is -0.289. The first kappa shape index (κ1) is 38.7. The fourth-order valence-corrected chi connectivity index (χ4v) is 5.84. The molecular weight excluding hydrogens is 626 g/mol. The topological polar surface area (TPSA) is 157 Å². The molecule has 0 radical (unpaired) electrons. The van der Waals surface area contributed by atoms with Crippen LogP contribution >= 0.6 is 11.3 Å². The van der Waals surface area contributed by atoms with E-state index < -0.39 is 76.2 Å². The highest BCUT2D eigenvalue weighted by molar-refractivity contribution is 7.15. The Morgan fingerprint density at radius 2 is 1.26 bits per heavy atom. The second-order valence-electron chi connectivity index (χ2n) is 16.6. The molecule has 3 rings (SSSR count). The van der Waals surface area contributed by atoms with Gasteiger partial charge in [0.25, 0.3) is 0 Å². The van der Waals surface area contributed by atoms with Crippen LogP contribution in [0, 0.1) is 21.7 Å². The molecule has 1 aromatic heterocycles. The van der Waals surface area contributed by atoms with Gasteiger partial charge in [-0.15, -0.1) is 11.3 Å². The van der Waals surface area contributed by atoms with Crippen molar-refractivity contribution in [1.29, 1.82) is 0 Å². The number of nitrogen functional groups attached to an aromatic ring is 1. The molecule has 0 spiro atoms. The number of thiazole rings is 1. The average Bonchev–Trinajstić information content (AvgIpc) is 3.29. The first-order chi connectivity index (χ1) is 21.3. The van der Waals surface area contributed by atoms with Crippen LogP contribution < -0.4 is 5.73 Å². The van der Waals surface area contributed by atoms with Crippen LogP contribution in [0.15, 0.2) is 0 Å². The average molecular weight is 682 g/mol. The molecule has 13 heteroatoms. The van der Waals surface area contributed by atoms with Crippen LogP contribution in [0.2, 0.25) is 0 Å². The molecule has 0 saturated carbocycles. The molecular formula is C34H55N3O9S. The fourth-order valence-electron chi connectivity index (χ4n) is 4.97. The maximum Gasteiger partial charge on any atom is 0.311 e. The SMILES string of the molecule is CC[C@@H]1Cc2nc(N)sc2CN1[C@@H]1O[C@H](COC(=O)C(C)(C)C)[C@H](OC(=O)C(C)(C)C)[C@H](OC(=O)C(C)(C)C)[C@H]1OC(=O)C(C)(C)C. The van der Waals surface area contributed by atoms with E-state index in [1.165, 1.54) is 11.3 Å². The van der Waals surface area contributed by atoms with Gasteiger partial charge in [0.15, 0.2) is 29.7 Å². The minimum Gasteiger partial charge on any atom is -0.462 e. The summed E-state index contributed by atoms with van der Waals surface area (Å²) >= 11 is 1.37. The van der Waals surface area contributed by atoms with Crippen molar-refractivity contribution in [3.8, 4) is 0 Å². The van der Waals surface area contributed by atoms with Crippen molar-refractivity contribution >= 4 is 40.3 Å². The number of aromatic nitrogens is 1. The second-order valence-corrected chi connectivity index (χ2v) is 17.7. The van der Waals surface area contributed by atoms with Gasteiger partial charge in [0.2, 0.25) is 0 Å². The van der Waals surface area contributed by atoms with Gasteiger partial charge in [-0.2, -0.15) is 0 Å². The highest BCUT2D eigenvalue weighted by Gasteiger charge is 2.57. The molecule has 2 N–H and O–H groups in total. The number of hydrogen-bond acceptors (Lipinski definition) is 13. The molecule has 0 aliphatic carbocycles. The molecule has 6 atom stereocenters. The molecule has 0 amide bonds. The third-order valence-electron chi connectivity index (χ3n) is 7.98. The minimum atomic E-state index is -1.30. The van der Waals surface area contributed by atoms with Crippen LogP contribution in [-0.2, 0) is 55.8 Å². The Hall–Kier alpha value is -2.77. The van der Waals surface area contributed by atoms with E-state index in [1.807, 2.05) is 6.92 Å². The van der Waals surface area contributed by atoms with E-state index in [0.29, 0.717) is 24.5 Å². The van der Waals surface area contributed by atoms with E-state index in [0.717, 1.165) is 10.6 Å². The number of anilines is 1. The van der Waals surface area contributed by atoms with Crippen molar-refractivity contribution in [3.63, 3.8) is 0 Å². The maximum absolute atomic E-state index is 13.6. The van der Waals surface area contributed by atoms with E-state index in [9.17, 15) is 19.2 Å². The number of carbonyl (C=O) groups is 4. The van der Waals surface area contributed by atoms with Gasteiger partial charge in [-0.3, -0.25) is 24.1 Å². The number of carbonyl (C=O) groups excluding carboxylic acids is 4. The zero-order valence-corrected chi connectivity index (χ0v) is 31.2. The molecule has 0 unspecified atom stereocenters. The smallest absolute Gasteiger partial charge is 0.311 e. The number of ether oxygens (including phenoxy) is 5. The van der Waals surface area contributed by atoms with Crippen molar-refractivity contribution in [1.82, 2.24) is 9.88 Å². The number of rotatable bonds is 7. The summed E-state index contributed by atoms with van der Waals surface area (Å²) in [6.45, 7) is 22.6. The fraction of sp³-hybridized carbons (Fsp3) is 0.794. The second kappa shape index (κ2) is 14.0. The third-order valence-corrected chi connectivity index (χ3v) is 8.90. The summed E-state index contributed by atoms with van der Waals surface area (Å²) in [5.41, 5.74) is 3.34. The van der Waals surface area contributed by atoms with E-state index in [1.54, 1.807) is 83.1 Å². The summed E-state index contributed by atoms with van der Waals surface area (Å²) in [5.74, 6) is -2.23. The van der Waals surface area contributed by atoms with E-state index in [4.69, 9.17) is 29.4 Å². The molecule has 1 aromatic rings.